The van der Waals surface area contributed by atoms with Gasteiger partial charge >= 0.3 is 0 Å². The fourth-order valence-electron chi connectivity index (χ4n) is 2.39. The SMILES string of the molecule is CN(Cc1ccc2c(c1)OCO2)C(=O)c1ccc(S(C)=O)cc1. The van der Waals surface area contributed by atoms with Crippen molar-refractivity contribution in [2.75, 3.05) is 20.1 Å². The number of carbonyl (C=O) groups is 1. The van der Waals surface area contributed by atoms with Gasteiger partial charge in [-0.2, -0.15) is 0 Å². The fourth-order valence-corrected chi connectivity index (χ4v) is 2.91. The zero-order chi connectivity index (χ0) is 16.4. The van der Waals surface area contributed by atoms with Crippen molar-refractivity contribution < 1.29 is 18.5 Å². The highest BCUT2D eigenvalue weighted by atomic mass is 32.2. The third-order valence-corrected chi connectivity index (χ3v) is 4.57. The Morgan fingerprint density at radius 1 is 1.13 bits per heavy atom. The highest BCUT2D eigenvalue weighted by Crippen LogP contribution is 2.32. The van der Waals surface area contributed by atoms with Crippen molar-refractivity contribution in [1.82, 2.24) is 4.90 Å². The van der Waals surface area contributed by atoms with Crippen LogP contribution in [0.1, 0.15) is 15.9 Å². The Morgan fingerprint density at radius 3 is 2.52 bits per heavy atom. The summed E-state index contributed by atoms with van der Waals surface area (Å²) >= 11 is 0. The molecule has 23 heavy (non-hydrogen) atoms. The minimum atomic E-state index is -1.04. The molecule has 1 atom stereocenters. The van der Waals surface area contributed by atoms with Crippen LogP contribution in [0.2, 0.25) is 0 Å². The highest BCUT2D eigenvalue weighted by Gasteiger charge is 2.16. The Hall–Kier alpha value is -2.34. The van der Waals surface area contributed by atoms with Crippen LogP contribution in [0.3, 0.4) is 0 Å². The van der Waals surface area contributed by atoms with Crippen LogP contribution < -0.4 is 9.47 Å². The predicted molar refractivity (Wildman–Crippen MR) is 87.1 cm³/mol. The topological polar surface area (TPSA) is 55.8 Å². The second kappa shape index (κ2) is 6.42. The monoisotopic (exact) mass is 331 g/mol. The Balaban J connectivity index is 1.71. The Morgan fingerprint density at radius 2 is 1.83 bits per heavy atom. The van der Waals surface area contributed by atoms with E-state index >= 15 is 0 Å². The highest BCUT2D eigenvalue weighted by molar-refractivity contribution is 7.84. The normalized spacial score (nSPS) is 13.7. The molecule has 6 heteroatoms. The summed E-state index contributed by atoms with van der Waals surface area (Å²) in [6, 6.07) is 12.5. The van der Waals surface area contributed by atoms with Gasteiger partial charge in [0.1, 0.15) is 0 Å². The molecule has 3 rings (SSSR count). The van der Waals surface area contributed by atoms with Gasteiger partial charge in [-0.15, -0.1) is 0 Å². The lowest BCUT2D eigenvalue weighted by atomic mass is 10.1. The second-order valence-electron chi connectivity index (χ2n) is 5.33. The first-order valence-corrected chi connectivity index (χ1v) is 8.68. The van der Waals surface area contributed by atoms with Crippen molar-refractivity contribution >= 4 is 16.7 Å². The lowest BCUT2D eigenvalue weighted by Crippen LogP contribution is -2.26. The van der Waals surface area contributed by atoms with Crippen LogP contribution in [0.4, 0.5) is 0 Å². The molecule has 1 unspecified atom stereocenters. The van der Waals surface area contributed by atoms with Gasteiger partial charge in [0.05, 0.1) is 0 Å². The molecular weight excluding hydrogens is 314 g/mol. The lowest BCUT2D eigenvalue weighted by molar-refractivity contribution is 0.0785. The molecule has 1 heterocycles. The molecule has 2 aromatic rings. The molecule has 0 spiro atoms. The average Bonchev–Trinajstić information content (AvgIpc) is 3.01. The number of rotatable bonds is 4. The minimum Gasteiger partial charge on any atom is -0.454 e. The number of benzene rings is 2. The van der Waals surface area contributed by atoms with Crippen molar-refractivity contribution in [3.8, 4) is 11.5 Å². The molecule has 1 amide bonds. The van der Waals surface area contributed by atoms with E-state index < -0.39 is 10.8 Å². The molecule has 120 valence electrons. The Labute approximate surface area is 137 Å². The average molecular weight is 331 g/mol. The summed E-state index contributed by atoms with van der Waals surface area (Å²) in [6.45, 7) is 0.704. The molecule has 0 saturated carbocycles. The number of hydrogen-bond acceptors (Lipinski definition) is 4. The van der Waals surface area contributed by atoms with E-state index in [2.05, 4.69) is 0 Å². The van der Waals surface area contributed by atoms with E-state index in [1.54, 1.807) is 42.5 Å². The first-order valence-electron chi connectivity index (χ1n) is 7.12. The van der Waals surface area contributed by atoms with E-state index in [1.807, 2.05) is 18.2 Å². The van der Waals surface area contributed by atoms with Gasteiger partial charge in [-0.25, -0.2) is 0 Å². The van der Waals surface area contributed by atoms with E-state index in [4.69, 9.17) is 9.47 Å². The summed E-state index contributed by atoms with van der Waals surface area (Å²) in [5.74, 6) is 1.35. The summed E-state index contributed by atoms with van der Waals surface area (Å²) in [5.41, 5.74) is 1.54. The van der Waals surface area contributed by atoms with Gasteiger partial charge in [0, 0.05) is 41.1 Å². The van der Waals surface area contributed by atoms with Gasteiger partial charge in [-0.05, 0) is 42.0 Å². The third-order valence-electron chi connectivity index (χ3n) is 3.64. The molecule has 1 aliphatic heterocycles. The first-order chi connectivity index (χ1) is 11.0. The number of carbonyl (C=O) groups excluding carboxylic acids is 1. The fraction of sp³-hybridized carbons (Fsp3) is 0.235. The molecule has 0 radical (unpaired) electrons. The number of ether oxygens (including phenoxy) is 2. The van der Waals surface area contributed by atoms with Gasteiger partial charge in [0.25, 0.3) is 5.91 Å². The van der Waals surface area contributed by atoms with Gasteiger partial charge in [0.15, 0.2) is 11.5 Å². The van der Waals surface area contributed by atoms with Crippen molar-refractivity contribution in [2.24, 2.45) is 0 Å². The molecule has 2 aromatic carbocycles. The van der Waals surface area contributed by atoms with Crippen molar-refractivity contribution in [1.29, 1.82) is 0 Å². The van der Waals surface area contributed by atoms with Gasteiger partial charge in [-0.3, -0.25) is 9.00 Å². The van der Waals surface area contributed by atoms with Crippen molar-refractivity contribution in [2.45, 2.75) is 11.4 Å². The maximum absolute atomic E-state index is 12.5. The van der Waals surface area contributed by atoms with E-state index in [-0.39, 0.29) is 12.7 Å². The van der Waals surface area contributed by atoms with Crippen LogP contribution >= 0.6 is 0 Å². The van der Waals surface area contributed by atoms with Crippen LogP contribution in [-0.4, -0.2) is 35.1 Å². The van der Waals surface area contributed by atoms with E-state index in [1.165, 1.54) is 0 Å². The first kappa shape index (κ1) is 15.6. The maximum atomic E-state index is 12.5. The van der Waals surface area contributed by atoms with Crippen LogP contribution in [0.25, 0.3) is 0 Å². The van der Waals surface area contributed by atoms with Gasteiger partial charge in [0.2, 0.25) is 6.79 Å². The third kappa shape index (κ3) is 3.37. The molecule has 0 aromatic heterocycles. The molecule has 5 nitrogen and oxygen atoms in total. The van der Waals surface area contributed by atoms with Crippen molar-refractivity contribution in [3.05, 3.63) is 53.6 Å². The van der Waals surface area contributed by atoms with E-state index in [9.17, 15) is 9.00 Å². The number of amides is 1. The lowest BCUT2D eigenvalue weighted by Gasteiger charge is -2.17. The largest absolute Gasteiger partial charge is 0.454 e. The molecule has 1 aliphatic rings. The smallest absolute Gasteiger partial charge is 0.253 e. The summed E-state index contributed by atoms with van der Waals surface area (Å²) < 4.78 is 22.0. The van der Waals surface area contributed by atoms with Crippen LogP contribution in [0.5, 0.6) is 11.5 Å². The number of hydrogen-bond donors (Lipinski definition) is 0. The zero-order valence-electron chi connectivity index (χ0n) is 12.9. The summed E-state index contributed by atoms with van der Waals surface area (Å²) in [6.07, 6.45) is 1.61. The van der Waals surface area contributed by atoms with Crippen LogP contribution in [0.15, 0.2) is 47.4 Å². The number of fused-ring (bicyclic) bond motifs is 1. The molecule has 0 bridgehead atoms. The minimum absolute atomic E-state index is 0.0869. The molecule has 0 N–H and O–H groups in total. The summed E-state index contributed by atoms with van der Waals surface area (Å²) in [5, 5.41) is 0. The quantitative estimate of drug-likeness (QED) is 0.863. The summed E-state index contributed by atoms with van der Waals surface area (Å²) in [7, 11) is 0.705. The van der Waals surface area contributed by atoms with Gasteiger partial charge in [-0.1, -0.05) is 6.07 Å². The van der Waals surface area contributed by atoms with Crippen LogP contribution in [0, 0.1) is 0 Å². The molecule has 0 fully saturated rings. The standard InChI is InChI=1S/C17H17NO4S/c1-18(10-12-3-8-15-16(9-12)22-11-21-15)17(19)13-4-6-14(7-5-13)23(2)20/h3-9H,10-11H2,1-2H3. The predicted octanol–water partition coefficient (Wildman–Crippen LogP) is 2.42. The Kier molecular flexibility index (Phi) is 4.34. The molecular formula is C17H17NO4S. The Bertz CT molecular complexity index is 758. The number of nitrogens with zero attached hydrogens (tertiary/aromatic N) is 1. The van der Waals surface area contributed by atoms with Crippen LogP contribution in [-0.2, 0) is 17.3 Å². The zero-order valence-corrected chi connectivity index (χ0v) is 13.8. The summed E-state index contributed by atoms with van der Waals surface area (Å²) in [4.78, 5) is 14.8. The molecule has 0 aliphatic carbocycles. The molecule has 0 saturated heterocycles. The van der Waals surface area contributed by atoms with E-state index in [0.29, 0.717) is 22.8 Å². The van der Waals surface area contributed by atoms with Gasteiger partial charge < -0.3 is 14.4 Å². The van der Waals surface area contributed by atoms with E-state index in [0.717, 1.165) is 11.3 Å². The van der Waals surface area contributed by atoms with Crippen molar-refractivity contribution in [3.63, 3.8) is 0 Å². The second-order valence-corrected chi connectivity index (χ2v) is 6.71. The maximum Gasteiger partial charge on any atom is 0.253 e.